The number of nitrogens with one attached hydrogen (secondary N) is 1. The second-order valence-electron chi connectivity index (χ2n) is 5.44. The Balaban J connectivity index is 0.000000847. The van der Waals surface area contributed by atoms with E-state index in [4.69, 9.17) is 4.74 Å². The van der Waals surface area contributed by atoms with E-state index in [1.807, 2.05) is 32.0 Å². The quantitative estimate of drug-likeness (QED) is 0.684. The molecule has 1 aliphatic carbocycles. The van der Waals surface area contributed by atoms with Gasteiger partial charge < -0.3 is 9.72 Å². The van der Waals surface area contributed by atoms with Gasteiger partial charge in [0.05, 0.1) is 17.3 Å². The number of ether oxygens (including phenoxy) is 1. The fourth-order valence-corrected chi connectivity index (χ4v) is 3.97. The Morgan fingerprint density at radius 2 is 1.91 bits per heavy atom. The lowest BCUT2D eigenvalue weighted by atomic mass is 9.84. The molecule has 0 saturated heterocycles. The smallest absolute Gasteiger partial charge is 0.337 e. The van der Waals surface area contributed by atoms with Crippen molar-refractivity contribution < 1.29 is 9.53 Å². The highest BCUT2D eigenvalue weighted by Gasteiger charge is 2.22. The van der Waals surface area contributed by atoms with E-state index in [1.165, 1.54) is 44.8 Å². The predicted molar refractivity (Wildman–Crippen MR) is 94.5 cm³/mol. The molecular weight excluding hydrogens is 342 g/mol. The van der Waals surface area contributed by atoms with Crippen molar-refractivity contribution in [1.29, 1.82) is 0 Å². The number of fused-ring (bicyclic) bond motifs is 1. The van der Waals surface area contributed by atoms with E-state index in [9.17, 15) is 4.79 Å². The number of esters is 1. The fraction of sp³-hybridized carbons (Fsp3) is 0.500. The molecule has 22 heavy (non-hydrogen) atoms. The molecule has 3 nitrogen and oxygen atoms in total. The molecule has 1 heterocycles. The van der Waals surface area contributed by atoms with Gasteiger partial charge in [-0.1, -0.05) is 33.1 Å². The third-order valence-electron chi connectivity index (χ3n) is 4.23. The van der Waals surface area contributed by atoms with Crippen molar-refractivity contribution in [2.45, 2.75) is 51.9 Å². The first kappa shape index (κ1) is 17.1. The summed E-state index contributed by atoms with van der Waals surface area (Å²) in [6, 6.07) is 5.72. The van der Waals surface area contributed by atoms with Crippen molar-refractivity contribution in [1.82, 2.24) is 4.98 Å². The van der Waals surface area contributed by atoms with Crippen molar-refractivity contribution in [3.63, 3.8) is 0 Å². The Labute approximate surface area is 140 Å². The van der Waals surface area contributed by atoms with Crippen molar-refractivity contribution >= 4 is 32.8 Å². The number of aromatic nitrogens is 1. The van der Waals surface area contributed by atoms with Gasteiger partial charge in [-0.05, 0) is 58.5 Å². The Bertz CT molecular complexity index is 642. The molecule has 1 aliphatic rings. The highest BCUT2D eigenvalue weighted by atomic mass is 79.9. The molecule has 0 amide bonds. The Kier molecular flexibility index (Phi) is 6.07. The minimum Gasteiger partial charge on any atom is -0.465 e. The van der Waals surface area contributed by atoms with Gasteiger partial charge in [0.2, 0.25) is 0 Å². The van der Waals surface area contributed by atoms with Crippen LogP contribution in [0.15, 0.2) is 22.8 Å². The summed E-state index contributed by atoms with van der Waals surface area (Å²) in [5.41, 5.74) is 3.01. The molecule has 0 atom stereocenters. The molecule has 0 bridgehead atoms. The molecule has 0 unspecified atom stereocenters. The molecule has 1 saturated carbocycles. The Morgan fingerprint density at radius 1 is 1.23 bits per heavy atom. The average Bonchev–Trinajstić information content (AvgIpc) is 2.91. The third kappa shape index (κ3) is 3.37. The SMILES string of the molecule is CC.COC(=O)c1ccc2[nH]c(Br)c(C3CCCCC3)c2c1. The van der Waals surface area contributed by atoms with Crippen molar-refractivity contribution in [3.8, 4) is 0 Å². The number of rotatable bonds is 2. The summed E-state index contributed by atoms with van der Waals surface area (Å²) < 4.78 is 5.87. The standard InChI is InChI=1S/C16H18BrNO2.C2H6/c1-20-16(19)11-7-8-13-12(9-11)14(15(17)18-13)10-5-3-2-4-6-10;1-2/h7-10,18H,2-6H2,1H3;1-2H3. The van der Waals surface area contributed by atoms with Crippen LogP contribution in [-0.2, 0) is 4.74 Å². The molecule has 1 aromatic carbocycles. The lowest BCUT2D eigenvalue weighted by Crippen LogP contribution is -2.05. The van der Waals surface area contributed by atoms with Crippen molar-refractivity contribution in [3.05, 3.63) is 33.9 Å². The van der Waals surface area contributed by atoms with Crippen LogP contribution in [0.2, 0.25) is 0 Å². The summed E-state index contributed by atoms with van der Waals surface area (Å²) in [7, 11) is 1.42. The van der Waals surface area contributed by atoms with Crippen molar-refractivity contribution in [2.75, 3.05) is 7.11 Å². The summed E-state index contributed by atoms with van der Waals surface area (Å²) in [6.07, 6.45) is 6.38. The number of halogens is 1. The van der Waals surface area contributed by atoms with Crippen LogP contribution in [-0.4, -0.2) is 18.1 Å². The highest BCUT2D eigenvalue weighted by molar-refractivity contribution is 9.10. The molecule has 1 aromatic heterocycles. The first-order chi connectivity index (χ1) is 10.7. The molecule has 1 N–H and O–H groups in total. The van der Waals surface area contributed by atoms with Crippen LogP contribution in [0.1, 0.15) is 67.8 Å². The van der Waals surface area contributed by atoms with Gasteiger partial charge >= 0.3 is 5.97 Å². The van der Waals surface area contributed by atoms with E-state index >= 15 is 0 Å². The topological polar surface area (TPSA) is 42.1 Å². The minimum absolute atomic E-state index is 0.279. The van der Waals surface area contributed by atoms with Crippen LogP contribution in [0.4, 0.5) is 0 Å². The van der Waals surface area contributed by atoms with Gasteiger partial charge in [0, 0.05) is 10.9 Å². The monoisotopic (exact) mass is 365 g/mol. The molecule has 4 heteroatoms. The van der Waals surface area contributed by atoms with E-state index in [0.29, 0.717) is 11.5 Å². The maximum absolute atomic E-state index is 11.7. The first-order valence-corrected chi connectivity index (χ1v) is 8.89. The second kappa shape index (κ2) is 7.82. The summed E-state index contributed by atoms with van der Waals surface area (Å²) in [5.74, 6) is 0.304. The molecule has 3 rings (SSSR count). The zero-order valence-electron chi connectivity index (χ0n) is 13.5. The fourth-order valence-electron chi connectivity index (χ4n) is 3.22. The van der Waals surface area contributed by atoms with Gasteiger partial charge in [-0.2, -0.15) is 0 Å². The summed E-state index contributed by atoms with van der Waals surface area (Å²) in [6.45, 7) is 4.00. The molecular formula is C18H24BrNO2. The number of hydrogen-bond donors (Lipinski definition) is 1. The zero-order valence-corrected chi connectivity index (χ0v) is 15.1. The number of H-pyrrole nitrogens is 1. The van der Waals surface area contributed by atoms with E-state index in [2.05, 4.69) is 20.9 Å². The molecule has 2 aromatic rings. The summed E-state index contributed by atoms with van der Waals surface area (Å²) in [4.78, 5) is 15.1. The van der Waals surface area contributed by atoms with Crippen LogP contribution in [0.5, 0.6) is 0 Å². The van der Waals surface area contributed by atoms with E-state index < -0.39 is 0 Å². The maximum atomic E-state index is 11.7. The van der Waals surface area contributed by atoms with Gasteiger partial charge in [-0.3, -0.25) is 0 Å². The normalized spacial score (nSPS) is 15.3. The highest BCUT2D eigenvalue weighted by Crippen LogP contribution is 2.40. The van der Waals surface area contributed by atoms with Gasteiger partial charge in [-0.15, -0.1) is 0 Å². The minimum atomic E-state index is -0.279. The maximum Gasteiger partial charge on any atom is 0.337 e. The van der Waals surface area contributed by atoms with Gasteiger partial charge in [0.15, 0.2) is 0 Å². The number of hydrogen-bond acceptors (Lipinski definition) is 2. The summed E-state index contributed by atoms with van der Waals surface area (Å²) >= 11 is 3.65. The zero-order chi connectivity index (χ0) is 16.1. The first-order valence-electron chi connectivity index (χ1n) is 8.10. The molecule has 120 valence electrons. The average molecular weight is 366 g/mol. The van der Waals surface area contributed by atoms with Crippen molar-refractivity contribution in [2.24, 2.45) is 0 Å². The molecule has 0 radical (unpaired) electrons. The van der Waals surface area contributed by atoms with Gasteiger partial charge in [0.25, 0.3) is 0 Å². The van der Waals surface area contributed by atoms with Crippen LogP contribution in [0, 0.1) is 0 Å². The summed E-state index contributed by atoms with van der Waals surface area (Å²) in [5, 5.41) is 1.15. The number of carbonyl (C=O) groups excluding carboxylic acids is 1. The van der Waals surface area contributed by atoms with Crippen LogP contribution < -0.4 is 0 Å². The van der Waals surface area contributed by atoms with E-state index in [-0.39, 0.29) is 5.97 Å². The van der Waals surface area contributed by atoms with Crippen LogP contribution in [0.25, 0.3) is 10.9 Å². The number of methoxy groups -OCH3 is 1. The third-order valence-corrected chi connectivity index (χ3v) is 4.85. The molecule has 0 aliphatic heterocycles. The lowest BCUT2D eigenvalue weighted by Gasteiger charge is -2.21. The predicted octanol–water partition coefficient (Wildman–Crippen LogP) is 5.79. The second-order valence-corrected chi connectivity index (χ2v) is 6.23. The Hall–Kier alpha value is -1.29. The number of aromatic amines is 1. The van der Waals surface area contributed by atoms with E-state index in [0.717, 1.165) is 15.5 Å². The van der Waals surface area contributed by atoms with Gasteiger partial charge in [-0.25, -0.2) is 4.79 Å². The number of carbonyl (C=O) groups is 1. The molecule has 1 fully saturated rings. The van der Waals surface area contributed by atoms with Crippen LogP contribution >= 0.6 is 15.9 Å². The lowest BCUT2D eigenvalue weighted by molar-refractivity contribution is 0.0601. The van der Waals surface area contributed by atoms with Crippen LogP contribution in [0.3, 0.4) is 0 Å². The largest absolute Gasteiger partial charge is 0.465 e. The van der Waals surface area contributed by atoms with E-state index in [1.54, 1.807) is 0 Å². The molecule has 0 spiro atoms. The Morgan fingerprint density at radius 3 is 2.55 bits per heavy atom. The van der Waals surface area contributed by atoms with Gasteiger partial charge in [0.1, 0.15) is 0 Å². The number of benzene rings is 1.